The molecule has 3 heterocycles. The minimum absolute atomic E-state index is 0.736. The van der Waals surface area contributed by atoms with Crippen LogP contribution in [-0.2, 0) is 6.42 Å². The van der Waals surface area contributed by atoms with Gasteiger partial charge in [-0.15, -0.1) is 0 Å². The first kappa shape index (κ1) is 19.7. The van der Waals surface area contributed by atoms with E-state index in [9.17, 15) is 0 Å². The molecule has 1 fully saturated rings. The lowest BCUT2D eigenvalue weighted by atomic mass is 10.0. The van der Waals surface area contributed by atoms with Gasteiger partial charge in [-0.3, -0.25) is 4.99 Å². The van der Waals surface area contributed by atoms with E-state index in [4.69, 9.17) is 4.99 Å². The maximum atomic E-state index is 4.74. The monoisotopic (exact) mass is 370 g/mol. The average Bonchev–Trinajstić information content (AvgIpc) is 3.09. The van der Waals surface area contributed by atoms with Crippen molar-refractivity contribution in [3.8, 4) is 0 Å². The number of aromatic nitrogens is 2. The number of nitrogens with one attached hydrogen (secondary N) is 2. The third-order valence-corrected chi connectivity index (χ3v) is 5.25. The summed E-state index contributed by atoms with van der Waals surface area (Å²) in [6.07, 6.45) is 10.2. The topological polar surface area (TPSA) is 57.0 Å². The number of guanidine groups is 1. The second-order valence-corrected chi connectivity index (χ2v) is 7.37. The number of piperidine rings is 1. The van der Waals surface area contributed by atoms with Gasteiger partial charge in [0.1, 0.15) is 5.65 Å². The van der Waals surface area contributed by atoms with Gasteiger partial charge in [-0.1, -0.05) is 12.5 Å². The number of pyridine rings is 1. The molecule has 1 saturated heterocycles. The van der Waals surface area contributed by atoms with E-state index in [0.717, 1.165) is 62.4 Å². The molecule has 0 bridgehead atoms. The summed E-state index contributed by atoms with van der Waals surface area (Å²) < 4.78 is 2.07. The molecule has 27 heavy (non-hydrogen) atoms. The highest BCUT2D eigenvalue weighted by atomic mass is 15.2. The molecule has 6 heteroatoms. The number of hydrogen-bond acceptors (Lipinski definition) is 3. The van der Waals surface area contributed by atoms with Crippen LogP contribution in [0.2, 0.25) is 0 Å². The first-order valence-corrected chi connectivity index (χ1v) is 10.4. The van der Waals surface area contributed by atoms with Crippen molar-refractivity contribution < 1.29 is 0 Å². The Bertz CT molecular complexity index is 689. The summed E-state index contributed by atoms with van der Waals surface area (Å²) >= 11 is 0. The van der Waals surface area contributed by atoms with Crippen molar-refractivity contribution in [1.29, 1.82) is 0 Å². The quantitative estimate of drug-likeness (QED) is 0.426. The zero-order valence-electron chi connectivity index (χ0n) is 16.8. The van der Waals surface area contributed by atoms with E-state index in [1.807, 2.05) is 24.4 Å². The van der Waals surface area contributed by atoms with Crippen LogP contribution in [0.5, 0.6) is 0 Å². The van der Waals surface area contributed by atoms with E-state index < -0.39 is 0 Å². The largest absolute Gasteiger partial charge is 0.357 e. The lowest BCUT2D eigenvalue weighted by Gasteiger charge is -2.33. The number of rotatable bonds is 8. The van der Waals surface area contributed by atoms with Gasteiger partial charge < -0.3 is 19.9 Å². The van der Waals surface area contributed by atoms with Crippen molar-refractivity contribution in [3.63, 3.8) is 0 Å². The summed E-state index contributed by atoms with van der Waals surface area (Å²) in [6, 6.07) is 6.81. The van der Waals surface area contributed by atoms with Crippen LogP contribution < -0.4 is 10.6 Å². The van der Waals surface area contributed by atoms with Gasteiger partial charge in [0.25, 0.3) is 0 Å². The van der Waals surface area contributed by atoms with Crippen LogP contribution in [0, 0.1) is 0 Å². The van der Waals surface area contributed by atoms with E-state index in [-0.39, 0.29) is 0 Å². The van der Waals surface area contributed by atoms with Crippen LogP contribution in [0.25, 0.3) is 5.65 Å². The van der Waals surface area contributed by atoms with Crippen molar-refractivity contribution in [2.45, 2.75) is 52.0 Å². The number of aliphatic imine (C=N–C) groups is 1. The Kier molecular flexibility index (Phi) is 7.51. The summed E-state index contributed by atoms with van der Waals surface area (Å²) in [5.74, 6) is 0.910. The van der Waals surface area contributed by atoms with Crippen molar-refractivity contribution >= 4 is 11.6 Å². The molecule has 0 saturated carbocycles. The van der Waals surface area contributed by atoms with Gasteiger partial charge in [0.15, 0.2) is 5.96 Å². The molecule has 0 spiro atoms. The van der Waals surface area contributed by atoms with Crippen LogP contribution in [0.1, 0.15) is 45.2 Å². The van der Waals surface area contributed by atoms with E-state index in [2.05, 4.69) is 45.0 Å². The first-order valence-electron chi connectivity index (χ1n) is 10.4. The van der Waals surface area contributed by atoms with E-state index >= 15 is 0 Å². The molecule has 1 aliphatic heterocycles. The number of imidazole rings is 1. The standard InChI is InChI=1S/C21H34N6/c1-3-22-21(23-12-8-16-26-14-6-4-9-18(26)2)24-13-11-19-17-27-15-7-5-10-20(27)25-19/h5,7,10,15,17-18H,3-4,6,8-9,11-14,16H2,1-2H3,(H2,22,23,24). The molecule has 6 nitrogen and oxygen atoms in total. The molecule has 0 amide bonds. The molecule has 2 N–H and O–H groups in total. The third-order valence-electron chi connectivity index (χ3n) is 5.25. The molecule has 1 atom stereocenters. The van der Waals surface area contributed by atoms with Crippen molar-refractivity contribution in [2.24, 2.45) is 4.99 Å². The summed E-state index contributed by atoms with van der Waals surface area (Å²) in [5.41, 5.74) is 2.10. The van der Waals surface area contributed by atoms with Gasteiger partial charge in [-0.25, -0.2) is 4.98 Å². The third kappa shape index (κ3) is 5.96. The Labute approximate surface area is 163 Å². The number of hydrogen-bond donors (Lipinski definition) is 2. The Morgan fingerprint density at radius 2 is 2.22 bits per heavy atom. The van der Waals surface area contributed by atoms with Gasteiger partial charge in [0, 0.05) is 51.0 Å². The van der Waals surface area contributed by atoms with Gasteiger partial charge in [0.05, 0.1) is 5.69 Å². The predicted molar refractivity (Wildman–Crippen MR) is 112 cm³/mol. The fourth-order valence-electron chi connectivity index (χ4n) is 3.71. The Balaban J connectivity index is 1.41. The van der Waals surface area contributed by atoms with Crippen molar-refractivity contribution in [3.05, 3.63) is 36.3 Å². The summed E-state index contributed by atoms with van der Waals surface area (Å²) in [6.45, 7) is 9.45. The Morgan fingerprint density at radius 3 is 3.04 bits per heavy atom. The van der Waals surface area contributed by atoms with Crippen LogP contribution in [0.3, 0.4) is 0 Å². The zero-order chi connectivity index (χ0) is 18.9. The highest BCUT2D eigenvalue weighted by molar-refractivity contribution is 5.79. The summed E-state index contributed by atoms with van der Waals surface area (Å²) in [4.78, 5) is 12.0. The highest BCUT2D eigenvalue weighted by Gasteiger charge is 2.16. The SMILES string of the molecule is CCNC(=NCCCN1CCCCC1C)NCCc1cn2ccccc2n1. The average molecular weight is 371 g/mol. The molecule has 1 unspecified atom stereocenters. The number of nitrogens with zero attached hydrogens (tertiary/aromatic N) is 4. The minimum Gasteiger partial charge on any atom is -0.357 e. The molecule has 2 aromatic heterocycles. The Morgan fingerprint density at radius 1 is 1.30 bits per heavy atom. The molecular formula is C21H34N6. The van der Waals surface area contributed by atoms with E-state index in [1.54, 1.807) is 0 Å². The molecule has 0 radical (unpaired) electrons. The fraction of sp³-hybridized carbons (Fsp3) is 0.619. The van der Waals surface area contributed by atoms with E-state index in [0.29, 0.717) is 0 Å². The van der Waals surface area contributed by atoms with E-state index in [1.165, 1.54) is 25.8 Å². The van der Waals surface area contributed by atoms with Crippen molar-refractivity contribution in [1.82, 2.24) is 24.9 Å². The molecular weight excluding hydrogens is 336 g/mol. The smallest absolute Gasteiger partial charge is 0.191 e. The van der Waals surface area contributed by atoms with Crippen LogP contribution in [0.4, 0.5) is 0 Å². The summed E-state index contributed by atoms with van der Waals surface area (Å²) in [7, 11) is 0. The minimum atomic E-state index is 0.736. The van der Waals surface area contributed by atoms with Gasteiger partial charge in [-0.2, -0.15) is 0 Å². The molecule has 1 aliphatic rings. The lowest BCUT2D eigenvalue weighted by molar-refractivity contribution is 0.160. The molecule has 0 aliphatic carbocycles. The van der Waals surface area contributed by atoms with Crippen LogP contribution >= 0.6 is 0 Å². The highest BCUT2D eigenvalue weighted by Crippen LogP contribution is 2.16. The van der Waals surface area contributed by atoms with Crippen LogP contribution in [-0.4, -0.2) is 59.0 Å². The number of likely N-dealkylation sites (tertiary alicyclic amines) is 1. The van der Waals surface area contributed by atoms with Gasteiger partial charge in [-0.05, 0) is 51.8 Å². The molecule has 148 valence electrons. The second kappa shape index (κ2) is 10.3. The maximum Gasteiger partial charge on any atom is 0.191 e. The van der Waals surface area contributed by atoms with Gasteiger partial charge in [0.2, 0.25) is 0 Å². The Hall–Kier alpha value is -2.08. The first-order chi connectivity index (χ1) is 13.3. The number of fused-ring (bicyclic) bond motifs is 1. The molecule has 2 aromatic rings. The molecule has 3 rings (SSSR count). The fourth-order valence-corrected chi connectivity index (χ4v) is 3.71. The maximum absolute atomic E-state index is 4.74. The second-order valence-electron chi connectivity index (χ2n) is 7.37. The lowest BCUT2D eigenvalue weighted by Crippen LogP contribution is -2.39. The normalized spacial score (nSPS) is 18.7. The van der Waals surface area contributed by atoms with Gasteiger partial charge >= 0.3 is 0 Å². The molecule has 0 aromatic carbocycles. The predicted octanol–water partition coefficient (Wildman–Crippen LogP) is 2.70. The van der Waals surface area contributed by atoms with Crippen LogP contribution in [0.15, 0.2) is 35.6 Å². The summed E-state index contributed by atoms with van der Waals surface area (Å²) in [5, 5.41) is 6.78. The van der Waals surface area contributed by atoms with Crippen molar-refractivity contribution in [2.75, 3.05) is 32.7 Å². The zero-order valence-corrected chi connectivity index (χ0v) is 16.8.